The van der Waals surface area contributed by atoms with Crippen LogP contribution in [0.25, 0.3) is 44.5 Å². The standard InChI is InChI=1S/C96H135N17O20/c1-60-18-11-10-12-19-61(2)80(123-7)50-73-26-23-65(6)96(122,133-73)89(119)92(120)112-31-15-13-22-76(112)93(121)131-81(51-77(115)62(3)45-64(5)87(118)88(125-9)86(117)63(4)44-60)74(97)47-66-24-27-79(82(48-66)124-8)130-58-67-20-17-21-68(46-67)70-52-101-95(102-53-70)110-34-33-109(72(56-110)57-114)54-71-55-111(108-106-71)35-37-127-39-41-129-43-42-128-40-38-126-36-29-83(116)100-30-14-16-32-113-91-84(90(98)103-59-104-91)85(107-113)69-25-28-78-75(49-69)105-94(99)132-78/h10-12,17-21,25,28,45-46,49,52-53,55,59-60,62-63,65-66,72-74,76,79-82,87-88,114,118,122H,13-16,22-24,26-27,29-44,47-48,50-51,54,56-58,97H2,1-9H3,(H2,99,105)(H,100,116)(H2,98,103,104)/b12-10?,18-11+,61-19?,64-45+/t60-,62-,63-,65-,66+,72?,73+,74-,76+,79-,80+,81?,82-,87-,88+,96-/m1/s1. The summed E-state index contributed by atoms with van der Waals surface area (Å²) in [6.45, 7) is 17.6. The molecule has 2 amide bonds. The molecule has 1 aliphatic carbocycles. The number of nitrogen functional groups attached to an aromatic ring is 2. The van der Waals surface area contributed by atoms with Crippen LogP contribution in [0, 0.1) is 29.6 Å². The van der Waals surface area contributed by atoms with E-state index >= 15 is 0 Å². The maximum absolute atomic E-state index is 14.8. The van der Waals surface area contributed by atoms with Crippen LogP contribution < -0.4 is 27.4 Å². The smallest absolute Gasteiger partial charge is 0.329 e. The minimum atomic E-state index is -2.50. The van der Waals surface area contributed by atoms with Gasteiger partial charge in [0.2, 0.25) is 17.6 Å². The predicted octanol–water partition coefficient (Wildman–Crippen LogP) is 7.99. The number of aliphatic hydroxyl groups is 3. The molecule has 37 nitrogen and oxygen atoms in total. The van der Waals surface area contributed by atoms with Crippen molar-refractivity contribution < 1.29 is 95.9 Å². The van der Waals surface area contributed by atoms with E-state index < -0.39 is 83.8 Å². The highest BCUT2D eigenvalue weighted by Crippen LogP contribution is 2.40. The topological polar surface area (TPSA) is 481 Å². The van der Waals surface area contributed by atoms with Crippen molar-refractivity contribution in [2.24, 2.45) is 35.3 Å². The maximum atomic E-state index is 14.8. The van der Waals surface area contributed by atoms with E-state index in [0.717, 1.165) is 51.3 Å². The first-order chi connectivity index (χ1) is 64.2. The molecule has 4 aliphatic heterocycles. The first-order valence-corrected chi connectivity index (χ1v) is 46.7. The number of aliphatic hydroxyl groups excluding tert-OH is 2. The molecule has 133 heavy (non-hydrogen) atoms. The molecule has 2 bridgehead atoms. The number of benzene rings is 2. The van der Waals surface area contributed by atoms with Crippen LogP contribution >= 0.6 is 0 Å². The number of rotatable bonds is 35. The van der Waals surface area contributed by atoms with Crippen molar-refractivity contribution in [1.29, 1.82) is 0 Å². The van der Waals surface area contributed by atoms with Crippen molar-refractivity contribution in [3.8, 4) is 22.4 Å². The number of ketones is 3. The predicted molar refractivity (Wildman–Crippen MR) is 495 cm³/mol. The number of allylic oxidation sites excluding steroid dienone is 6. The van der Waals surface area contributed by atoms with Crippen molar-refractivity contribution in [2.45, 2.75) is 231 Å². The Morgan fingerprint density at radius 2 is 1.53 bits per heavy atom. The Balaban J connectivity index is 0.550. The van der Waals surface area contributed by atoms with Gasteiger partial charge in [0.15, 0.2) is 17.0 Å². The number of carbonyl (C=O) groups excluding carboxylic acids is 6. The number of aromatic nitrogens is 10. The Labute approximate surface area is 776 Å². The number of piperidine rings is 1. The third-order valence-electron chi connectivity index (χ3n) is 26.0. The van der Waals surface area contributed by atoms with Crippen LogP contribution in [-0.2, 0) is 102 Å². The summed E-state index contributed by atoms with van der Waals surface area (Å²) in [6.07, 6.45) is 18.7. The molecule has 12 rings (SSSR count). The number of Topliss-reactive ketones (excluding diaryl/α,β-unsaturated/α-hetero) is 3. The van der Waals surface area contributed by atoms with Gasteiger partial charge in [0.1, 0.15) is 53.5 Å². The zero-order chi connectivity index (χ0) is 94.7. The monoisotopic (exact) mass is 1850 g/mol. The Hall–Kier alpha value is -10.1. The molecule has 5 aliphatic rings. The fourth-order valence-corrected chi connectivity index (χ4v) is 18.2. The van der Waals surface area contributed by atoms with Crippen LogP contribution in [0.3, 0.4) is 0 Å². The molecule has 0 spiro atoms. The highest BCUT2D eigenvalue weighted by molar-refractivity contribution is 6.39. The molecule has 0 radical (unpaired) electrons. The molecule has 724 valence electrons. The summed E-state index contributed by atoms with van der Waals surface area (Å²) in [5.74, 6) is -7.68. The molecule has 1 saturated carbocycles. The zero-order valence-electron chi connectivity index (χ0n) is 78.1. The van der Waals surface area contributed by atoms with E-state index in [9.17, 15) is 44.1 Å². The SMILES string of the molecule is CO[C@H]1C[C@@H]2CC[C@@H](C)[C@@](O)(O2)C(=O)C(=O)N2CCCC[C@H]2C(=O)OC([C@H](N)C[C@@H]2CC[C@@H](OCc3cccc(-c4cnc(N5CCN(Cc6cn(CCOCCOCCOCCOCCC(=O)NCCCCn7nc(-c8ccc9oc(N)nc9c8)c8c(N)ncnc87)nn6)C(CO)C5)nc4)c3)[C@H](OC)C2)CC(=O)[C@H](C)/C=C(\C)[C@@H](O)[C@@H](OC)C(=O)[C@H](C)C[C@H](C)/C=C/C=CC=C1C. The molecule has 4 fully saturated rings. The van der Waals surface area contributed by atoms with Gasteiger partial charge < -0.3 is 99.4 Å². The summed E-state index contributed by atoms with van der Waals surface area (Å²) >= 11 is 0. The second kappa shape index (κ2) is 49.9. The van der Waals surface area contributed by atoms with Gasteiger partial charge in [-0.1, -0.05) is 87.6 Å². The second-order valence-corrected chi connectivity index (χ2v) is 35.8. The number of methoxy groups -OCH3 is 3. The Kier molecular flexibility index (Phi) is 38.2. The number of nitrogens with one attached hydrogen (secondary N) is 1. The van der Waals surface area contributed by atoms with Gasteiger partial charge in [-0.15, -0.1) is 5.10 Å². The molecule has 7 aromatic rings. The van der Waals surface area contributed by atoms with Gasteiger partial charge in [-0.25, -0.2) is 34.1 Å². The third kappa shape index (κ3) is 27.8. The van der Waals surface area contributed by atoms with E-state index in [1.165, 1.54) is 13.4 Å². The minimum absolute atomic E-state index is 0.0234. The van der Waals surface area contributed by atoms with Crippen molar-refractivity contribution in [2.75, 3.05) is 130 Å². The minimum Gasteiger partial charge on any atom is -0.459 e. The number of piperazine rings is 1. The lowest BCUT2D eigenvalue weighted by atomic mass is 9.80. The molecule has 37 heteroatoms. The molecule has 5 aromatic heterocycles. The molecule has 2 aromatic carbocycles. The van der Waals surface area contributed by atoms with E-state index in [0.29, 0.717) is 195 Å². The van der Waals surface area contributed by atoms with Gasteiger partial charge in [-0.05, 0) is 149 Å². The lowest BCUT2D eigenvalue weighted by molar-refractivity contribution is -0.265. The number of carbonyl (C=O) groups is 6. The lowest BCUT2D eigenvalue weighted by Crippen LogP contribution is -2.61. The van der Waals surface area contributed by atoms with Gasteiger partial charge in [-0.3, -0.25) is 28.9 Å². The molecular weight excluding hydrogens is 1710 g/mol. The normalized spacial score (nSPS) is 26.6. The first-order valence-electron chi connectivity index (χ1n) is 46.7. The van der Waals surface area contributed by atoms with E-state index in [1.807, 2.05) is 86.8 Å². The van der Waals surface area contributed by atoms with E-state index in [4.69, 9.17) is 84.1 Å². The number of nitrogens with zero attached hydrogens (tertiary/aromatic N) is 13. The number of cyclic esters (lactones) is 1. The molecule has 3 saturated heterocycles. The molecule has 16 atom stereocenters. The number of oxazole rings is 1. The third-order valence-corrected chi connectivity index (χ3v) is 26.0. The van der Waals surface area contributed by atoms with Crippen LogP contribution in [0.2, 0.25) is 0 Å². The lowest BCUT2D eigenvalue weighted by Gasteiger charge is -2.42. The van der Waals surface area contributed by atoms with Crippen molar-refractivity contribution >= 4 is 75.0 Å². The van der Waals surface area contributed by atoms with Gasteiger partial charge >= 0.3 is 5.97 Å². The number of nitrogens with two attached hydrogens (primary N) is 3. The molecule has 10 N–H and O–H groups in total. The molecule has 9 heterocycles. The summed E-state index contributed by atoms with van der Waals surface area (Å²) in [5.41, 5.74) is 27.0. The van der Waals surface area contributed by atoms with Crippen LogP contribution in [0.4, 0.5) is 17.8 Å². The second-order valence-electron chi connectivity index (χ2n) is 35.8. The Morgan fingerprint density at radius 1 is 0.767 bits per heavy atom. The quantitative estimate of drug-likeness (QED) is 0.00856. The van der Waals surface area contributed by atoms with E-state index in [-0.39, 0.29) is 106 Å². The highest BCUT2D eigenvalue weighted by atomic mass is 16.6. The number of unbranched alkanes of at least 4 members (excludes halogenated alkanes) is 1. The first kappa shape index (κ1) is 102. The van der Waals surface area contributed by atoms with Crippen LogP contribution in [0.1, 0.15) is 149 Å². The number of hydrogen-bond donors (Lipinski definition) is 7. The van der Waals surface area contributed by atoms with Crippen LogP contribution in [0.5, 0.6) is 0 Å². The summed E-state index contributed by atoms with van der Waals surface area (Å²) in [7, 11) is 4.58. The summed E-state index contributed by atoms with van der Waals surface area (Å²) in [6, 6.07) is 11.2. The van der Waals surface area contributed by atoms with E-state index in [1.54, 1.807) is 75.8 Å². The molecule has 2 unspecified atom stereocenters. The number of amides is 2. The largest absolute Gasteiger partial charge is 0.459 e. The van der Waals surface area contributed by atoms with Gasteiger partial charge in [0.25, 0.3) is 17.7 Å². The maximum Gasteiger partial charge on any atom is 0.329 e. The van der Waals surface area contributed by atoms with Crippen LogP contribution in [-0.4, -0.2) is 290 Å². The average Bonchev–Trinajstić information content (AvgIpc) is 1.52. The van der Waals surface area contributed by atoms with E-state index in [2.05, 4.69) is 40.4 Å². The van der Waals surface area contributed by atoms with Crippen molar-refractivity contribution in [3.63, 3.8) is 0 Å². The number of aryl methyl sites for hydroxylation is 1. The number of esters is 1. The number of hydrogen-bond acceptors (Lipinski definition) is 33. The number of fused-ring (bicyclic) bond motifs is 5. The van der Waals surface area contributed by atoms with Crippen molar-refractivity contribution in [3.05, 3.63) is 126 Å². The fraction of sp³-hybridized carbons (Fsp3) is 0.604. The highest BCUT2D eigenvalue weighted by Gasteiger charge is 2.53. The average molecular weight is 1850 g/mol. The Morgan fingerprint density at radius 3 is 2.29 bits per heavy atom. The zero-order valence-corrected chi connectivity index (χ0v) is 78.1. The van der Waals surface area contributed by atoms with Crippen molar-refractivity contribution in [1.82, 2.24) is 64.8 Å². The van der Waals surface area contributed by atoms with Gasteiger partial charge in [0, 0.05) is 140 Å². The summed E-state index contributed by atoms with van der Waals surface area (Å²) in [4.78, 5) is 113. The Bertz CT molecular complexity index is 5100. The fourth-order valence-electron chi connectivity index (χ4n) is 18.2. The summed E-state index contributed by atoms with van der Waals surface area (Å²) in [5, 5.41) is 51.7. The van der Waals surface area contributed by atoms with Gasteiger partial charge in [-0.2, -0.15) is 10.1 Å². The number of ether oxygens (including phenoxy) is 10. The molecular formula is C96H135N17O20. The number of anilines is 3. The summed E-state index contributed by atoms with van der Waals surface area (Å²) < 4.78 is 68.6. The van der Waals surface area contributed by atoms with Gasteiger partial charge in [0.05, 0.1) is 114 Å². The van der Waals surface area contributed by atoms with Crippen LogP contribution in [0.15, 0.2) is 119 Å².